The molecule has 2 saturated heterocycles. The summed E-state index contributed by atoms with van der Waals surface area (Å²) >= 11 is 0. The number of carbonyl (C=O) groups excluding carboxylic acids is 2. The van der Waals surface area contributed by atoms with Crippen molar-refractivity contribution < 1.29 is 14.3 Å². The Morgan fingerprint density at radius 3 is 2.70 bits per heavy atom. The van der Waals surface area contributed by atoms with Crippen LogP contribution < -0.4 is 4.74 Å². The van der Waals surface area contributed by atoms with Crippen molar-refractivity contribution in [3.8, 4) is 5.75 Å². The van der Waals surface area contributed by atoms with Gasteiger partial charge in [-0.05, 0) is 38.3 Å². The number of likely N-dealkylation sites (tertiary alicyclic amines) is 1. The molecule has 7 heteroatoms. The molecule has 1 atom stereocenters. The molecule has 2 fully saturated rings. The lowest BCUT2D eigenvalue weighted by molar-refractivity contribution is -0.133. The van der Waals surface area contributed by atoms with Crippen molar-refractivity contribution in [2.75, 3.05) is 53.4 Å². The van der Waals surface area contributed by atoms with Crippen LogP contribution in [0, 0.1) is 5.92 Å². The third-order valence-corrected chi connectivity index (χ3v) is 5.61. The topological polar surface area (TPSA) is 66.0 Å². The summed E-state index contributed by atoms with van der Waals surface area (Å²) in [5.41, 5.74) is 0.420. The zero-order valence-corrected chi connectivity index (χ0v) is 16.4. The smallest absolute Gasteiger partial charge is 0.272 e. The summed E-state index contributed by atoms with van der Waals surface area (Å²) in [6.45, 7) is 5.00. The second kappa shape index (κ2) is 9.17. The van der Waals surface area contributed by atoms with Crippen LogP contribution in [0.5, 0.6) is 5.75 Å². The van der Waals surface area contributed by atoms with Gasteiger partial charge in [-0.2, -0.15) is 0 Å². The lowest BCUT2D eigenvalue weighted by Gasteiger charge is -2.34. The molecule has 148 valence electrons. The fraction of sp³-hybridized carbons (Fsp3) is 0.650. The summed E-state index contributed by atoms with van der Waals surface area (Å²) in [6, 6.07) is 3.42. The van der Waals surface area contributed by atoms with Gasteiger partial charge in [0, 0.05) is 58.0 Å². The first-order valence-corrected chi connectivity index (χ1v) is 9.82. The lowest BCUT2D eigenvalue weighted by atomic mass is 9.93. The Morgan fingerprint density at radius 2 is 1.96 bits per heavy atom. The number of hydrogen-bond acceptors (Lipinski definition) is 5. The van der Waals surface area contributed by atoms with Crippen LogP contribution in [0.2, 0.25) is 0 Å². The minimum atomic E-state index is -0.0519. The van der Waals surface area contributed by atoms with E-state index >= 15 is 0 Å². The van der Waals surface area contributed by atoms with Crippen molar-refractivity contribution in [1.29, 1.82) is 0 Å². The van der Waals surface area contributed by atoms with E-state index in [2.05, 4.69) is 16.9 Å². The molecule has 27 heavy (non-hydrogen) atoms. The summed E-state index contributed by atoms with van der Waals surface area (Å²) in [7, 11) is 3.67. The SMILES string of the molecule is COc1ccnc(C(=O)N2CCC[C@@H](CCC(=O)N3CCN(C)CC3)C2)c1. The quantitative estimate of drug-likeness (QED) is 0.781. The normalized spacial score (nSPS) is 21.2. The van der Waals surface area contributed by atoms with Gasteiger partial charge in [0.15, 0.2) is 0 Å². The first-order chi connectivity index (χ1) is 13.1. The fourth-order valence-electron chi connectivity index (χ4n) is 3.84. The highest BCUT2D eigenvalue weighted by atomic mass is 16.5. The summed E-state index contributed by atoms with van der Waals surface area (Å²) in [6.07, 6.45) is 5.07. The zero-order chi connectivity index (χ0) is 19.2. The molecule has 0 N–H and O–H groups in total. The summed E-state index contributed by atoms with van der Waals surface area (Å²) < 4.78 is 5.19. The van der Waals surface area contributed by atoms with Gasteiger partial charge in [0.05, 0.1) is 7.11 Å². The van der Waals surface area contributed by atoms with Gasteiger partial charge in [-0.15, -0.1) is 0 Å². The predicted octanol–water partition coefficient (Wildman–Crippen LogP) is 1.50. The number of nitrogens with zero attached hydrogens (tertiary/aromatic N) is 4. The number of methoxy groups -OCH3 is 1. The third kappa shape index (κ3) is 5.19. The van der Waals surface area contributed by atoms with E-state index in [-0.39, 0.29) is 11.8 Å². The highest BCUT2D eigenvalue weighted by molar-refractivity contribution is 5.92. The molecule has 0 bridgehead atoms. The molecule has 1 aromatic rings. The first-order valence-electron chi connectivity index (χ1n) is 9.82. The largest absolute Gasteiger partial charge is 0.497 e. The van der Waals surface area contributed by atoms with Crippen molar-refractivity contribution in [3.63, 3.8) is 0 Å². The maximum atomic E-state index is 12.8. The molecule has 0 spiro atoms. The van der Waals surface area contributed by atoms with Crippen LogP contribution in [0.1, 0.15) is 36.2 Å². The van der Waals surface area contributed by atoms with E-state index in [1.54, 1.807) is 25.4 Å². The molecule has 0 aromatic carbocycles. The number of piperidine rings is 1. The van der Waals surface area contributed by atoms with Crippen LogP contribution in [0.3, 0.4) is 0 Å². The standard InChI is InChI=1S/C20H30N4O3/c1-22-10-12-23(13-11-22)19(25)6-5-16-4-3-9-24(15-16)20(26)18-14-17(27-2)7-8-21-18/h7-8,14,16H,3-6,9-13,15H2,1-2H3/t16-/m0/s1. The molecule has 7 nitrogen and oxygen atoms in total. The molecule has 0 aliphatic carbocycles. The number of amides is 2. The highest BCUT2D eigenvalue weighted by Crippen LogP contribution is 2.23. The third-order valence-electron chi connectivity index (χ3n) is 5.61. The maximum Gasteiger partial charge on any atom is 0.272 e. The van der Waals surface area contributed by atoms with Crippen LogP contribution in [0.15, 0.2) is 18.3 Å². The van der Waals surface area contributed by atoms with Crippen molar-refractivity contribution in [2.24, 2.45) is 5.92 Å². The second-order valence-corrected chi connectivity index (χ2v) is 7.56. The molecular formula is C20H30N4O3. The molecule has 0 unspecified atom stereocenters. The van der Waals surface area contributed by atoms with E-state index in [4.69, 9.17) is 4.74 Å². The van der Waals surface area contributed by atoms with Crippen LogP contribution in [-0.4, -0.2) is 84.9 Å². The highest BCUT2D eigenvalue weighted by Gasteiger charge is 2.27. The van der Waals surface area contributed by atoms with E-state index < -0.39 is 0 Å². The van der Waals surface area contributed by atoms with E-state index in [0.717, 1.165) is 52.0 Å². The molecule has 3 rings (SSSR count). The monoisotopic (exact) mass is 374 g/mol. The fourth-order valence-corrected chi connectivity index (χ4v) is 3.84. The number of pyridine rings is 1. The van der Waals surface area contributed by atoms with E-state index in [9.17, 15) is 9.59 Å². The Hall–Kier alpha value is -2.15. The Bertz CT molecular complexity index is 658. The summed E-state index contributed by atoms with van der Waals surface area (Å²) in [4.78, 5) is 35.5. The van der Waals surface area contributed by atoms with Gasteiger partial charge in [0.1, 0.15) is 11.4 Å². The average Bonchev–Trinajstić information content (AvgIpc) is 2.72. The second-order valence-electron chi connectivity index (χ2n) is 7.56. The number of hydrogen-bond donors (Lipinski definition) is 0. The van der Waals surface area contributed by atoms with Crippen LogP contribution in [0.4, 0.5) is 0 Å². The Morgan fingerprint density at radius 1 is 1.19 bits per heavy atom. The average molecular weight is 374 g/mol. The zero-order valence-electron chi connectivity index (χ0n) is 16.4. The molecule has 0 radical (unpaired) electrons. The van der Waals surface area contributed by atoms with Crippen molar-refractivity contribution in [2.45, 2.75) is 25.7 Å². The molecule has 0 saturated carbocycles. The number of ether oxygens (including phenoxy) is 1. The van der Waals surface area contributed by atoms with Crippen LogP contribution in [0.25, 0.3) is 0 Å². The molecule has 2 aliphatic heterocycles. The van der Waals surface area contributed by atoms with Gasteiger partial charge in [0.2, 0.25) is 5.91 Å². The molecule has 2 aliphatic rings. The Kier molecular flexibility index (Phi) is 6.66. The first kappa shape index (κ1) is 19.6. The minimum Gasteiger partial charge on any atom is -0.497 e. The molecular weight excluding hydrogens is 344 g/mol. The van der Waals surface area contributed by atoms with Crippen molar-refractivity contribution in [1.82, 2.24) is 19.7 Å². The summed E-state index contributed by atoms with van der Waals surface area (Å²) in [5, 5.41) is 0. The van der Waals surface area contributed by atoms with Gasteiger partial charge in [-0.3, -0.25) is 14.6 Å². The van der Waals surface area contributed by atoms with E-state index in [1.807, 2.05) is 9.80 Å². The minimum absolute atomic E-state index is 0.0519. The van der Waals surface area contributed by atoms with Crippen molar-refractivity contribution >= 4 is 11.8 Å². The van der Waals surface area contributed by atoms with Gasteiger partial charge in [-0.1, -0.05) is 0 Å². The maximum absolute atomic E-state index is 12.8. The molecule has 1 aromatic heterocycles. The Labute approximate surface area is 161 Å². The Balaban J connectivity index is 1.50. The van der Waals surface area contributed by atoms with Gasteiger partial charge < -0.3 is 19.4 Å². The predicted molar refractivity (Wildman–Crippen MR) is 103 cm³/mol. The van der Waals surface area contributed by atoms with E-state index in [0.29, 0.717) is 30.3 Å². The van der Waals surface area contributed by atoms with Gasteiger partial charge >= 0.3 is 0 Å². The van der Waals surface area contributed by atoms with Crippen molar-refractivity contribution in [3.05, 3.63) is 24.0 Å². The van der Waals surface area contributed by atoms with E-state index in [1.165, 1.54) is 0 Å². The van der Waals surface area contributed by atoms with Crippen LogP contribution >= 0.6 is 0 Å². The lowest BCUT2D eigenvalue weighted by Crippen LogP contribution is -2.47. The molecule has 2 amide bonds. The number of likely N-dealkylation sites (N-methyl/N-ethyl adjacent to an activating group) is 1. The van der Waals surface area contributed by atoms with Gasteiger partial charge in [-0.25, -0.2) is 0 Å². The number of piperazine rings is 1. The van der Waals surface area contributed by atoms with Gasteiger partial charge in [0.25, 0.3) is 5.91 Å². The molecule has 3 heterocycles. The number of aromatic nitrogens is 1. The number of carbonyl (C=O) groups is 2. The van der Waals surface area contributed by atoms with Crippen LogP contribution in [-0.2, 0) is 4.79 Å². The summed E-state index contributed by atoms with van der Waals surface area (Å²) in [5.74, 6) is 1.22. The number of rotatable bonds is 5.